The molecule has 2 rings (SSSR count). The van der Waals surface area contributed by atoms with Crippen molar-refractivity contribution in [1.82, 2.24) is 9.88 Å². The summed E-state index contributed by atoms with van der Waals surface area (Å²) in [5.41, 5.74) is 6.41. The average molecular weight is 285 g/mol. The second kappa shape index (κ2) is 6.12. The Balaban J connectivity index is 2.42. The molecular weight excluding hydrogens is 262 g/mol. The molecule has 1 aromatic heterocycles. The zero-order valence-corrected chi connectivity index (χ0v) is 13.1. The quantitative estimate of drug-likeness (QED) is 0.937. The number of nitrogens with two attached hydrogens (primary N) is 1. The lowest BCUT2D eigenvalue weighted by Gasteiger charge is -2.28. The smallest absolute Gasteiger partial charge is 0.272 e. The molecule has 0 unspecified atom stereocenters. The molecule has 1 amide bonds. The molecule has 21 heavy (non-hydrogen) atoms. The van der Waals surface area contributed by atoms with Gasteiger partial charge in [-0.15, -0.1) is 0 Å². The van der Waals surface area contributed by atoms with E-state index in [0.717, 1.165) is 10.8 Å². The Morgan fingerprint density at radius 3 is 2.52 bits per heavy atom. The number of hydrogen-bond acceptors (Lipinski definition) is 3. The molecule has 4 nitrogen and oxygen atoms in total. The molecule has 2 aromatic rings. The van der Waals surface area contributed by atoms with E-state index in [9.17, 15) is 4.79 Å². The minimum Gasteiger partial charge on any atom is -0.383 e. The van der Waals surface area contributed by atoms with E-state index < -0.39 is 0 Å². The van der Waals surface area contributed by atoms with Crippen LogP contribution < -0.4 is 5.73 Å². The van der Waals surface area contributed by atoms with E-state index in [1.165, 1.54) is 0 Å². The molecule has 0 fully saturated rings. The van der Waals surface area contributed by atoms with Crippen molar-refractivity contribution in [2.45, 2.75) is 33.7 Å². The van der Waals surface area contributed by atoms with Crippen LogP contribution in [0.2, 0.25) is 0 Å². The molecule has 0 spiro atoms. The summed E-state index contributed by atoms with van der Waals surface area (Å²) in [6, 6.07) is 9.68. The lowest BCUT2D eigenvalue weighted by Crippen LogP contribution is -2.40. The maximum atomic E-state index is 12.7. The number of amides is 1. The van der Waals surface area contributed by atoms with Crippen molar-refractivity contribution in [2.24, 2.45) is 5.92 Å². The molecule has 4 heteroatoms. The number of anilines is 1. The predicted molar refractivity (Wildman–Crippen MR) is 87.2 cm³/mol. The Morgan fingerprint density at radius 1 is 1.24 bits per heavy atom. The van der Waals surface area contributed by atoms with Crippen molar-refractivity contribution in [1.29, 1.82) is 0 Å². The van der Waals surface area contributed by atoms with Crippen LogP contribution in [0.1, 0.15) is 38.2 Å². The number of pyridine rings is 1. The minimum atomic E-state index is -0.0591. The number of rotatable bonds is 4. The number of aromatic nitrogens is 1. The fourth-order valence-electron chi connectivity index (χ4n) is 2.40. The number of benzene rings is 1. The molecule has 112 valence electrons. The van der Waals surface area contributed by atoms with Gasteiger partial charge in [-0.3, -0.25) is 4.79 Å². The van der Waals surface area contributed by atoms with Crippen molar-refractivity contribution in [2.75, 3.05) is 12.3 Å². The molecular formula is C17H23N3O. The molecule has 0 aliphatic carbocycles. The molecule has 0 radical (unpaired) electrons. The van der Waals surface area contributed by atoms with E-state index in [1.54, 1.807) is 0 Å². The van der Waals surface area contributed by atoms with Gasteiger partial charge >= 0.3 is 0 Å². The van der Waals surface area contributed by atoms with Gasteiger partial charge < -0.3 is 10.6 Å². The molecule has 1 heterocycles. The normalized spacial score (nSPS) is 11.3. The lowest BCUT2D eigenvalue weighted by atomic mass is 10.1. The van der Waals surface area contributed by atoms with Crippen molar-refractivity contribution < 1.29 is 4.79 Å². The first-order valence-corrected chi connectivity index (χ1v) is 7.36. The first-order valence-electron chi connectivity index (χ1n) is 7.36. The number of nitrogen functional groups attached to an aromatic ring is 1. The molecule has 1 aromatic carbocycles. The second-order valence-corrected chi connectivity index (χ2v) is 6.06. The molecule has 2 N–H and O–H groups in total. The summed E-state index contributed by atoms with van der Waals surface area (Å²) >= 11 is 0. The van der Waals surface area contributed by atoms with E-state index in [0.29, 0.717) is 24.0 Å². The van der Waals surface area contributed by atoms with Gasteiger partial charge in [0.05, 0.1) is 0 Å². The zero-order chi connectivity index (χ0) is 15.6. The Hall–Kier alpha value is -2.10. The largest absolute Gasteiger partial charge is 0.383 e. The first kappa shape index (κ1) is 15.3. The maximum Gasteiger partial charge on any atom is 0.272 e. The van der Waals surface area contributed by atoms with Gasteiger partial charge in [0.15, 0.2) is 0 Å². The van der Waals surface area contributed by atoms with E-state index >= 15 is 0 Å². The van der Waals surface area contributed by atoms with Crippen LogP contribution in [0.25, 0.3) is 10.8 Å². The number of hydrogen-bond donors (Lipinski definition) is 1. The molecule has 0 aliphatic rings. The van der Waals surface area contributed by atoms with Gasteiger partial charge in [-0.2, -0.15) is 0 Å². The fourth-order valence-corrected chi connectivity index (χ4v) is 2.40. The lowest BCUT2D eigenvalue weighted by molar-refractivity contribution is 0.0676. The summed E-state index contributed by atoms with van der Waals surface area (Å²) in [5, 5.41) is 1.83. The SMILES string of the molecule is CC(C)CN(C(=O)c1cc2ccccc2c(N)n1)C(C)C. The van der Waals surface area contributed by atoms with Crippen LogP contribution in [0.4, 0.5) is 5.82 Å². The Morgan fingerprint density at radius 2 is 1.90 bits per heavy atom. The van der Waals surface area contributed by atoms with Gasteiger partial charge in [0, 0.05) is 18.0 Å². The Kier molecular flexibility index (Phi) is 4.46. The molecule has 0 aliphatic heterocycles. The number of fused-ring (bicyclic) bond motifs is 1. The third kappa shape index (κ3) is 3.32. The van der Waals surface area contributed by atoms with Crippen LogP contribution in [0.3, 0.4) is 0 Å². The van der Waals surface area contributed by atoms with Gasteiger partial charge in [-0.05, 0) is 31.2 Å². The van der Waals surface area contributed by atoms with Crippen LogP contribution >= 0.6 is 0 Å². The third-order valence-corrected chi connectivity index (χ3v) is 3.44. The first-order chi connectivity index (χ1) is 9.90. The fraction of sp³-hybridized carbons (Fsp3) is 0.412. The summed E-state index contributed by atoms with van der Waals surface area (Å²) in [6.07, 6.45) is 0. The Labute approximate surface area is 126 Å². The number of carbonyl (C=O) groups is 1. The number of carbonyl (C=O) groups excluding carboxylic acids is 1. The van der Waals surface area contributed by atoms with E-state index in [1.807, 2.05) is 49.1 Å². The summed E-state index contributed by atoms with van der Waals surface area (Å²) < 4.78 is 0. The van der Waals surface area contributed by atoms with E-state index in [4.69, 9.17) is 5.73 Å². The standard InChI is InChI=1S/C17H23N3O/c1-11(2)10-20(12(3)4)17(21)15-9-13-7-5-6-8-14(13)16(18)19-15/h5-9,11-12H,10H2,1-4H3,(H2,18,19). The summed E-state index contributed by atoms with van der Waals surface area (Å²) in [4.78, 5) is 18.9. The van der Waals surface area contributed by atoms with E-state index in [2.05, 4.69) is 18.8 Å². The topological polar surface area (TPSA) is 59.2 Å². The van der Waals surface area contributed by atoms with Crippen LogP contribution in [0, 0.1) is 5.92 Å². The highest BCUT2D eigenvalue weighted by atomic mass is 16.2. The zero-order valence-electron chi connectivity index (χ0n) is 13.1. The highest BCUT2D eigenvalue weighted by molar-refractivity contribution is 5.99. The third-order valence-electron chi connectivity index (χ3n) is 3.44. The van der Waals surface area contributed by atoms with Crippen molar-refractivity contribution in [3.8, 4) is 0 Å². The van der Waals surface area contributed by atoms with Crippen LogP contribution in [-0.4, -0.2) is 28.4 Å². The van der Waals surface area contributed by atoms with Crippen LogP contribution in [-0.2, 0) is 0 Å². The summed E-state index contributed by atoms with van der Waals surface area (Å²) in [7, 11) is 0. The average Bonchev–Trinajstić information content (AvgIpc) is 2.43. The van der Waals surface area contributed by atoms with Gasteiger partial charge in [0.2, 0.25) is 0 Å². The van der Waals surface area contributed by atoms with Crippen LogP contribution in [0.5, 0.6) is 0 Å². The monoisotopic (exact) mass is 285 g/mol. The minimum absolute atomic E-state index is 0.0591. The van der Waals surface area contributed by atoms with Crippen molar-refractivity contribution in [3.63, 3.8) is 0 Å². The Bertz CT molecular complexity index is 650. The highest BCUT2D eigenvalue weighted by Crippen LogP contribution is 2.21. The summed E-state index contributed by atoms with van der Waals surface area (Å²) in [6.45, 7) is 8.95. The number of nitrogens with zero attached hydrogens (tertiary/aromatic N) is 2. The second-order valence-electron chi connectivity index (χ2n) is 6.06. The van der Waals surface area contributed by atoms with Crippen LogP contribution in [0.15, 0.2) is 30.3 Å². The van der Waals surface area contributed by atoms with Crippen molar-refractivity contribution >= 4 is 22.5 Å². The van der Waals surface area contributed by atoms with Gasteiger partial charge in [0.1, 0.15) is 11.5 Å². The molecule has 0 bridgehead atoms. The molecule has 0 saturated carbocycles. The van der Waals surface area contributed by atoms with Gasteiger partial charge in [-0.1, -0.05) is 38.1 Å². The summed E-state index contributed by atoms with van der Waals surface area (Å²) in [5.74, 6) is 0.759. The molecule has 0 saturated heterocycles. The van der Waals surface area contributed by atoms with Crippen molar-refractivity contribution in [3.05, 3.63) is 36.0 Å². The van der Waals surface area contributed by atoms with Gasteiger partial charge in [0.25, 0.3) is 5.91 Å². The van der Waals surface area contributed by atoms with E-state index in [-0.39, 0.29) is 11.9 Å². The maximum absolute atomic E-state index is 12.7. The predicted octanol–water partition coefficient (Wildman–Crippen LogP) is 3.32. The van der Waals surface area contributed by atoms with Gasteiger partial charge in [-0.25, -0.2) is 4.98 Å². The molecule has 0 atom stereocenters. The highest BCUT2D eigenvalue weighted by Gasteiger charge is 2.21.